The van der Waals surface area contributed by atoms with Crippen LogP contribution in [0.1, 0.15) is 5.69 Å². The van der Waals surface area contributed by atoms with Gasteiger partial charge in [-0.25, -0.2) is 12.8 Å². The fourth-order valence-corrected chi connectivity index (χ4v) is 2.70. The number of hydrogen-bond acceptors (Lipinski definition) is 3. The van der Waals surface area contributed by atoms with Gasteiger partial charge in [0.15, 0.2) is 0 Å². The Morgan fingerprint density at radius 3 is 2.79 bits per heavy atom. The lowest BCUT2D eigenvalue weighted by Gasteiger charge is -2.06. The van der Waals surface area contributed by atoms with Crippen molar-refractivity contribution in [1.82, 2.24) is 10.3 Å². The standard InChI is InChI=1S/C12H14FN3O2S/c1-14-7-11-6-12(8-15-11)19(17,18)16-10-4-2-3-9(13)5-10/h2-6,8,14-16H,7H2,1H3. The first-order valence-electron chi connectivity index (χ1n) is 5.61. The first-order chi connectivity index (χ1) is 9.01. The zero-order valence-corrected chi connectivity index (χ0v) is 11.1. The number of benzene rings is 1. The molecule has 7 heteroatoms. The van der Waals surface area contributed by atoms with Crippen molar-refractivity contribution >= 4 is 15.7 Å². The quantitative estimate of drug-likeness (QED) is 0.781. The third kappa shape index (κ3) is 3.33. The molecule has 5 nitrogen and oxygen atoms in total. The van der Waals surface area contributed by atoms with Crippen LogP contribution < -0.4 is 10.0 Å². The third-order valence-electron chi connectivity index (χ3n) is 2.47. The SMILES string of the molecule is CNCc1cc(S(=O)(=O)Nc2cccc(F)c2)c[nH]1. The van der Waals surface area contributed by atoms with Gasteiger partial charge in [0.25, 0.3) is 10.0 Å². The average Bonchev–Trinajstić information content (AvgIpc) is 2.78. The summed E-state index contributed by atoms with van der Waals surface area (Å²) in [5.74, 6) is -0.495. The Morgan fingerprint density at radius 1 is 1.32 bits per heavy atom. The number of H-pyrrole nitrogens is 1. The molecule has 19 heavy (non-hydrogen) atoms. The lowest BCUT2D eigenvalue weighted by Crippen LogP contribution is -2.12. The fourth-order valence-electron chi connectivity index (χ4n) is 1.63. The van der Waals surface area contributed by atoms with Crippen LogP contribution >= 0.6 is 0 Å². The number of rotatable bonds is 5. The summed E-state index contributed by atoms with van der Waals surface area (Å²) < 4.78 is 39.4. The van der Waals surface area contributed by atoms with E-state index in [-0.39, 0.29) is 10.6 Å². The number of sulfonamides is 1. The molecule has 0 saturated carbocycles. The second kappa shape index (κ2) is 5.41. The van der Waals surface area contributed by atoms with E-state index in [9.17, 15) is 12.8 Å². The number of nitrogens with one attached hydrogen (secondary N) is 3. The van der Waals surface area contributed by atoms with Crippen LogP contribution in [0.5, 0.6) is 0 Å². The van der Waals surface area contributed by atoms with Gasteiger partial charge in [-0.15, -0.1) is 0 Å². The maximum atomic E-state index is 13.0. The number of hydrogen-bond donors (Lipinski definition) is 3. The lowest BCUT2D eigenvalue weighted by molar-refractivity contribution is 0.601. The molecule has 0 unspecified atom stereocenters. The predicted octanol–water partition coefficient (Wildman–Crippen LogP) is 1.67. The zero-order chi connectivity index (χ0) is 13.9. The molecule has 0 atom stereocenters. The van der Waals surface area contributed by atoms with Crippen molar-refractivity contribution in [2.75, 3.05) is 11.8 Å². The Bertz CT molecular complexity index is 667. The van der Waals surface area contributed by atoms with Gasteiger partial charge < -0.3 is 10.3 Å². The van der Waals surface area contributed by atoms with Gasteiger partial charge >= 0.3 is 0 Å². The van der Waals surface area contributed by atoms with Gasteiger partial charge in [0.05, 0.1) is 5.69 Å². The summed E-state index contributed by atoms with van der Waals surface area (Å²) in [5, 5.41) is 2.91. The zero-order valence-electron chi connectivity index (χ0n) is 10.3. The molecular weight excluding hydrogens is 269 g/mol. The summed E-state index contributed by atoms with van der Waals surface area (Å²) >= 11 is 0. The van der Waals surface area contributed by atoms with E-state index in [2.05, 4.69) is 15.0 Å². The van der Waals surface area contributed by atoms with Crippen LogP contribution in [0.4, 0.5) is 10.1 Å². The van der Waals surface area contributed by atoms with Gasteiger partial charge in [-0.3, -0.25) is 4.72 Å². The molecule has 1 aromatic heterocycles. The van der Waals surface area contributed by atoms with Crippen LogP contribution in [0.25, 0.3) is 0 Å². The highest BCUT2D eigenvalue weighted by Crippen LogP contribution is 2.17. The monoisotopic (exact) mass is 283 g/mol. The molecule has 102 valence electrons. The van der Waals surface area contributed by atoms with E-state index < -0.39 is 15.8 Å². The van der Waals surface area contributed by atoms with Crippen molar-refractivity contribution in [1.29, 1.82) is 0 Å². The fraction of sp³-hybridized carbons (Fsp3) is 0.167. The number of aromatic nitrogens is 1. The van der Waals surface area contributed by atoms with Gasteiger partial charge in [0.1, 0.15) is 10.7 Å². The minimum atomic E-state index is -3.70. The molecule has 0 radical (unpaired) electrons. The van der Waals surface area contributed by atoms with Gasteiger partial charge in [0, 0.05) is 18.4 Å². The molecule has 0 fully saturated rings. The Labute approximate surface area is 110 Å². The Kier molecular flexibility index (Phi) is 3.87. The molecule has 3 N–H and O–H groups in total. The van der Waals surface area contributed by atoms with E-state index in [1.807, 2.05) is 0 Å². The maximum Gasteiger partial charge on any atom is 0.263 e. The second-order valence-electron chi connectivity index (χ2n) is 4.01. The van der Waals surface area contributed by atoms with Crippen molar-refractivity contribution in [3.8, 4) is 0 Å². The topological polar surface area (TPSA) is 74.0 Å². The Balaban J connectivity index is 2.22. The number of aromatic amines is 1. The summed E-state index contributed by atoms with van der Waals surface area (Å²) in [6, 6.07) is 6.83. The lowest BCUT2D eigenvalue weighted by atomic mass is 10.3. The molecule has 0 aliphatic heterocycles. The summed E-state index contributed by atoms with van der Waals surface area (Å²) in [7, 11) is -1.94. The van der Waals surface area contributed by atoms with Crippen LogP contribution in [0.2, 0.25) is 0 Å². The molecule has 1 heterocycles. The summed E-state index contributed by atoms with van der Waals surface area (Å²) in [4.78, 5) is 2.97. The van der Waals surface area contributed by atoms with Crippen LogP contribution in [0.3, 0.4) is 0 Å². The smallest absolute Gasteiger partial charge is 0.263 e. The summed E-state index contributed by atoms with van der Waals surface area (Å²) in [6.45, 7) is 0.537. The van der Waals surface area contributed by atoms with Gasteiger partial charge in [-0.2, -0.15) is 0 Å². The van der Waals surface area contributed by atoms with E-state index in [0.717, 1.165) is 11.8 Å². The Morgan fingerprint density at radius 2 is 2.11 bits per heavy atom. The second-order valence-corrected chi connectivity index (χ2v) is 5.69. The molecule has 1 aromatic carbocycles. The van der Waals surface area contributed by atoms with E-state index in [1.165, 1.54) is 30.5 Å². The highest BCUT2D eigenvalue weighted by molar-refractivity contribution is 7.92. The maximum absolute atomic E-state index is 13.0. The van der Waals surface area contributed by atoms with Crippen LogP contribution in [-0.2, 0) is 16.6 Å². The average molecular weight is 283 g/mol. The first-order valence-corrected chi connectivity index (χ1v) is 7.10. The van der Waals surface area contributed by atoms with Gasteiger partial charge in [-0.1, -0.05) is 6.07 Å². The van der Waals surface area contributed by atoms with E-state index in [1.54, 1.807) is 7.05 Å². The first kappa shape index (κ1) is 13.6. The normalized spacial score (nSPS) is 11.5. The van der Waals surface area contributed by atoms with Crippen LogP contribution in [0.15, 0.2) is 41.4 Å². The van der Waals surface area contributed by atoms with Gasteiger partial charge in [-0.05, 0) is 31.3 Å². The van der Waals surface area contributed by atoms with Crippen LogP contribution in [-0.4, -0.2) is 20.4 Å². The minimum absolute atomic E-state index is 0.113. The number of halogens is 1. The van der Waals surface area contributed by atoms with E-state index in [4.69, 9.17) is 0 Å². The van der Waals surface area contributed by atoms with E-state index >= 15 is 0 Å². The molecule has 0 amide bonds. The van der Waals surface area contributed by atoms with Crippen LogP contribution in [0, 0.1) is 5.82 Å². The van der Waals surface area contributed by atoms with Gasteiger partial charge in [0.2, 0.25) is 0 Å². The summed E-state index contributed by atoms with van der Waals surface area (Å²) in [6.07, 6.45) is 1.40. The molecule has 0 aliphatic carbocycles. The van der Waals surface area contributed by atoms with E-state index in [0.29, 0.717) is 6.54 Å². The molecule has 0 aliphatic rings. The molecule has 0 spiro atoms. The summed E-state index contributed by atoms with van der Waals surface area (Å²) in [5.41, 5.74) is 0.943. The predicted molar refractivity (Wildman–Crippen MR) is 70.8 cm³/mol. The third-order valence-corrected chi connectivity index (χ3v) is 3.83. The van der Waals surface area contributed by atoms with Crippen molar-refractivity contribution in [3.63, 3.8) is 0 Å². The minimum Gasteiger partial charge on any atom is -0.363 e. The van der Waals surface area contributed by atoms with Crippen molar-refractivity contribution < 1.29 is 12.8 Å². The molecule has 0 bridgehead atoms. The largest absolute Gasteiger partial charge is 0.363 e. The molecule has 0 saturated heterocycles. The van der Waals surface area contributed by atoms with Crippen molar-refractivity contribution in [2.24, 2.45) is 0 Å². The highest BCUT2D eigenvalue weighted by Gasteiger charge is 2.16. The number of anilines is 1. The molecule has 2 rings (SSSR count). The molecule has 2 aromatic rings. The highest BCUT2D eigenvalue weighted by atomic mass is 32.2. The van der Waals surface area contributed by atoms with Crippen molar-refractivity contribution in [3.05, 3.63) is 48.0 Å². The molecular formula is C12H14FN3O2S. The van der Waals surface area contributed by atoms with Crippen molar-refractivity contribution in [2.45, 2.75) is 11.4 Å². The Hall–Kier alpha value is -1.86.